The highest BCUT2D eigenvalue weighted by Crippen LogP contribution is 2.54. The molecule has 0 N–H and O–H groups in total. The van der Waals surface area contributed by atoms with Gasteiger partial charge in [0.1, 0.15) is 22.3 Å². The van der Waals surface area contributed by atoms with Crippen LogP contribution in [0.25, 0.3) is 109 Å². The van der Waals surface area contributed by atoms with Crippen LogP contribution in [0.3, 0.4) is 0 Å². The molecule has 64 heavy (non-hydrogen) atoms. The van der Waals surface area contributed by atoms with E-state index in [2.05, 4.69) is 213 Å². The van der Waals surface area contributed by atoms with Crippen molar-refractivity contribution < 1.29 is 8.83 Å². The van der Waals surface area contributed by atoms with E-state index in [9.17, 15) is 0 Å². The molecule has 13 aromatic rings. The van der Waals surface area contributed by atoms with Crippen LogP contribution in [0.1, 0.15) is 25.0 Å². The summed E-state index contributed by atoms with van der Waals surface area (Å²) in [6, 6.07) is 73.1. The van der Waals surface area contributed by atoms with Gasteiger partial charge in [0, 0.05) is 43.6 Å². The van der Waals surface area contributed by atoms with Crippen molar-refractivity contribution in [3.8, 4) is 22.3 Å². The highest BCUT2D eigenvalue weighted by atomic mass is 16.3. The summed E-state index contributed by atoms with van der Waals surface area (Å²) in [6.07, 6.45) is 0. The van der Waals surface area contributed by atoms with E-state index in [1.807, 2.05) is 6.07 Å². The molecule has 1 aliphatic carbocycles. The Labute approximate surface area is 369 Å². The predicted molar refractivity (Wildman–Crippen MR) is 269 cm³/mol. The Morgan fingerprint density at radius 1 is 0.375 bits per heavy atom. The lowest BCUT2D eigenvalue weighted by molar-refractivity contribution is 0.660. The van der Waals surface area contributed by atoms with Crippen molar-refractivity contribution in [2.75, 3.05) is 4.90 Å². The van der Waals surface area contributed by atoms with Crippen molar-refractivity contribution in [2.45, 2.75) is 19.3 Å². The highest BCUT2D eigenvalue weighted by molar-refractivity contribution is 6.29. The summed E-state index contributed by atoms with van der Waals surface area (Å²) >= 11 is 0. The molecule has 14 rings (SSSR count). The highest BCUT2D eigenvalue weighted by Gasteiger charge is 2.36. The van der Waals surface area contributed by atoms with Crippen molar-refractivity contribution in [3.05, 3.63) is 211 Å². The summed E-state index contributed by atoms with van der Waals surface area (Å²) in [6.45, 7) is 4.72. The molecule has 300 valence electrons. The van der Waals surface area contributed by atoms with Gasteiger partial charge in [0.25, 0.3) is 0 Å². The fourth-order valence-corrected chi connectivity index (χ4v) is 11.3. The quantitative estimate of drug-likeness (QED) is 0.166. The normalized spacial score (nSPS) is 13.3. The lowest BCUT2D eigenvalue weighted by atomic mass is 9.82. The second-order valence-electron chi connectivity index (χ2n) is 17.9. The molecule has 0 amide bonds. The molecule has 0 bridgehead atoms. The van der Waals surface area contributed by atoms with Gasteiger partial charge in [-0.3, -0.25) is 0 Å². The van der Waals surface area contributed by atoms with Gasteiger partial charge in [-0.25, -0.2) is 0 Å². The number of rotatable bonds is 4. The number of fused-ring (bicyclic) bond motifs is 17. The van der Waals surface area contributed by atoms with Crippen molar-refractivity contribution in [2.24, 2.45) is 0 Å². The summed E-state index contributed by atoms with van der Waals surface area (Å²) in [7, 11) is 0. The van der Waals surface area contributed by atoms with E-state index < -0.39 is 0 Å². The number of benzene rings is 11. The predicted octanol–water partition coefficient (Wildman–Crippen LogP) is 17.5. The summed E-state index contributed by atoms with van der Waals surface area (Å²) in [5.41, 5.74) is 13.8. The molecule has 2 aromatic heterocycles. The van der Waals surface area contributed by atoms with Gasteiger partial charge in [-0.15, -0.1) is 0 Å². The summed E-state index contributed by atoms with van der Waals surface area (Å²) in [5.74, 6) is 0. The number of furan rings is 2. The number of hydrogen-bond donors (Lipinski definition) is 0. The van der Waals surface area contributed by atoms with Crippen LogP contribution in [0, 0.1) is 0 Å². The third-order valence-corrected chi connectivity index (χ3v) is 14.2. The number of nitrogens with zero attached hydrogens (tertiary/aromatic N) is 1. The average Bonchev–Trinajstić information content (AvgIpc) is 3.99. The first-order valence-corrected chi connectivity index (χ1v) is 22.2. The van der Waals surface area contributed by atoms with Gasteiger partial charge >= 0.3 is 0 Å². The maximum absolute atomic E-state index is 7.27. The molecule has 3 nitrogen and oxygen atoms in total. The third kappa shape index (κ3) is 4.81. The Bertz CT molecular complexity index is 4090. The van der Waals surface area contributed by atoms with Gasteiger partial charge in [0.05, 0.1) is 11.4 Å². The molecule has 0 unspecified atom stereocenters. The minimum absolute atomic E-state index is 0.182. The van der Waals surface area contributed by atoms with Crippen LogP contribution >= 0.6 is 0 Å². The summed E-state index contributed by atoms with van der Waals surface area (Å²) in [5, 5.41) is 14.1. The second kappa shape index (κ2) is 12.9. The van der Waals surface area contributed by atoms with Crippen molar-refractivity contribution in [1.82, 2.24) is 0 Å². The van der Waals surface area contributed by atoms with E-state index in [4.69, 9.17) is 8.83 Å². The fourth-order valence-electron chi connectivity index (χ4n) is 11.3. The second-order valence-corrected chi connectivity index (χ2v) is 17.9. The lowest BCUT2D eigenvalue weighted by Gasteiger charge is -2.31. The van der Waals surface area contributed by atoms with Crippen LogP contribution in [0.2, 0.25) is 0 Å². The minimum Gasteiger partial charge on any atom is -0.456 e. The number of anilines is 3. The minimum atomic E-state index is -0.182. The molecule has 0 radical (unpaired) electrons. The zero-order valence-electron chi connectivity index (χ0n) is 35.3. The van der Waals surface area contributed by atoms with Gasteiger partial charge in [-0.05, 0) is 120 Å². The molecule has 11 aromatic carbocycles. The van der Waals surface area contributed by atoms with Crippen molar-refractivity contribution >= 4 is 104 Å². The van der Waals surface area contributed by atoms with E-state index >= 15 is 0 Å². The van der Waals surface area contributed by atoms with Crippen LogP contribution in [0.15, 0.2) is 209 Å². The molecule has 0 spiro atoms. The maximum atomic E-state index is 7.27. The van der Waals surface area contributed by atoms with Gasteiger partial charge in [-0.2, -0.15) is 0 Å². The van der Waals surface area contributed by atoms with Gasteiger partial charge in [0.15, 0.2) is 0 Å². The number of para-hydroxylation sites is 1. The zero-order chi connectivity index (χ0) is 42.3. The molecule has 0 atom stereocenters. The van der Waals surface area contributed by atoms with Gasteiger partial charge in [0.2, 0.25) is 0 Å². The standard InChI is InChI=1S/C61H39NO2/c1-61(2)50-23-11-9-21-45(50)46-29-27-38(35-51(46)61)62(52-24-13-15-36-14-3-4-16-39(36)52)53-31-30-48-59-56(33-32-55-58(59)47-22-10-12-25-54(47)63-55)64-60(48)57(53)37-26-28-44-42-19-6-5-17-40(42)41-18-7-8-20-43(41)49(44)34-37/h3-35H,1-2H3. The van der Waals surface area contributed by atoms with Crippen LogP contribution in [-0.4, -0.2) is 0 Å². The van der Waals surface area contributed by atoms with Crippen LogP contribution < -0.4 is 4.90 Å². The summed E-state index contributed by atoms with van der Waals surface area (Å²) < 4.78 is 13.7. The molecule has 0 fully saturated rings. The van der Waals surface area contributed by atoms with E-state index in [1.165, 1.54) is 65.3 Å². The fraction of sp³-hybridized carbons (Fsp3) is 0.0492. The van der Waals surface area contributed by atoms with E-state index in [-0.39, 0.29) is 5.41 Å². The molecule has 0 saturated heterocycles. The number of hydrogen-bond acceptors (Lipinski definition) is 3. The topological polar surface area (TPSA) is 29.5 Å². The molecular weight excluding hydrogens is 779 g/mol. The first-order chi connectivity index (χ1) is 31.5. The third-order valence-electron chi connectivity index (χ3n) is 14.2. The van der Waals surface area contributed by atoms with E-state index in [1.54, 1.807) is 0 Å². The van der Waals surface area contributed by atoms with Crippen LogP contribution in [0.5, 0.6) is 0 Å². The maximum Gasteiger partial charge on any atom is 0.145 e. The average molecular weight is 818 g/mol. The summed E-state index contributed by atoms with van der Waals surface area (Å²) in [4.78, 5) is 2.48. The Hall–Kier alpha value is -8.14. The Morgan fingerprint density at radius 3 is 1.77 bits per heavy atom. The monoisotopic (exact) mass is 817 g/mol. The molecular formula is C61H39NO2. The van der Waals surface area contributed by atoms with Crippen molar-refractivity contribution in [3.63, 3.8) is 0 Å². The van der Waals surface area contributed by atoms with Crippen LogP contribution in [-0.2, 0) is 5.41 Å². The largest absolute Gasteiger partial charge is 0.456 e. The van der Waals surface area contributed by atoms with E-state index in [0.717, 1.165) is 72.1 Å². The Balaban J connectivity index is 1.13. The Morgan fingerprint density at radius 2 is 0.969 bits per heavy atom. The van der Waals surface area contributed by atoms with Crippen LogP contribution in [0.4, 0.5) is 17.1 Å². The molecule has 0 aliphatic heterocycles. The zero-order valence-corrected chi connectivity index (χ0v) is 35.3. The van der Waals surface area contributed by atoms with Crippen molar-refractivity contribution in [1.29, 1.82) is 0 Å². The van der Waals surface area contributed by atoms with E-state index in [0.29, 0.717) is 0 Å². The molecule has 3 heteroatoms. The lowest BCUT2D eigenvalue weighted by Crippen LogP contribution is -2.17. The molecule has 0 saturated carbocycles. The van der Waals surface area contributed by atoms with Gasteiger partial charge in [-0.1, -0.05) is 159 Å². The van der Waals surface area contributed by atoms with Gasteiger partial charge < -0.3 is 13.7 Å². The smallest absolute Gasteiger partial charge is 0.145 e. The molecule has 1 aliphatic rings. The molecule has 2 heterocycles. The first kappa shape index (κ1) is 35.5. The SMILES string of the molecule is CC1(C)c2ccccc2-c2ccc(N(c3ccc4c(oc5ccc6oc7ccccc7c6c54)c3-c3ccc4c5ccccc5c5ccccc5c4c3)c3cccc4ccccc34)cc21. The Kier molecular flexibility index (Phi) is 7.17. The first-order valence-electron chi connectivity index (χ1n) is 22.2.